The molecule has 3 aromatic carbocycles. The first-order valence-electron chi connectivity index (χ1n) is 9.66. The van der Waals surface area contributed by atoms with Crippen LogP contribution in [-0.4, -0.2) is 33.7 Å². The lowest BCUT2D eigenvalue weighted by atomic mass is 10.2. The molecule has 9 heteroatoms. The van der Waals surface area contributed by atoms with Gasteiger partial charge in [-0.2, -0.15) is 0 Å². The largest absolute Gasteiger partial charge is 0.497 e. The molecule has 0 radical (unpaired) electrons. The van der Waals surface area contributed by atoms with Crippen molar-refractivity contribution in [1.29, 1.82) is 0 Å². The van der Waals surface area contributed by atoms with Gasteiger partial charge in [0.25, 0.3) is 0 Å². The van der Waals surface area contributed by atoms with Crippen LogP contribution >= 0.6 is 11.6 Å². The molecule has 0 bridgehead atoms. The highest BCUT2D eigenvalue weighted by molar-refractivity contribution is 7.92. The average molecular weight is 475 g/mol. The third-order valence-electron chi connectivity index (χ3n) is 4.59. The number of hydrogen-bond acceptors (Lipinski definition) is 5. The second kappa shape index (κ2) is 9.93. The Morgan fingerprint density at radius 1 is 1.00 bits per heavy atom. The van der Waals surface area contributed by atoms with Crippen LogP contribution < -0.4 is 19.1 Å². The van der Waals surface area contributed by atoms with Gasteiger partial charge in [0, 0.05) is 5.02 Å². The number of nitrogens with one attached hydrogen (secondary N) is 1. The fourth-order valence-electron chi connectivity index (χ4n) is 3.08. The highest BCUT2D eigenvalue weighted by atomic mass is 35.5. The second-order valence-electron chi connectivity index (χ2n) is 6.98. The maximum Gasteiger partial charge on any atom is 0.248 e. The van der Waals surface area contributed by atoms with Crippen LogP contribution in [0.4, 0.5) is 11.4 Å². The van der Waals surface area contributed by atoms with Crippen molar-refractivity contribution in [3.05, 3.63) is 77.8 Å². The number of amides is 1. The zero-order chi connectivity index (χ0) is 23.3. The molecule has 7 nitrogen and oxygen atoms in total. The molecule has 168 valence electrons. The van der Waals surface area contributed by atoms with Crippen molar-refractivity contribution in [2.75, 3.05) is 23.0 Å². The first-order valence-corrected chi connectivity index (χ1v) is 11.9. The number of nitrogens with zero attached hydrogens (tertiary/aromatic N) is 1. The second-order valence-corrected chi connectivity index (χ2v) is 9.27. The molecule has 0 aromatic heterocycles. The number of sulfonamides is 1. The predicted octanol–water partition coefficient (Wildman–Crippen LogP) is 4.93. The van der Waals surface area contributed by atoms with E-state index in [4.69, 9.17) is 21.1 Å². The van der Waals surface area contributed by atoms with E-state index >= 15 is 0 Å². The maximum atomic E-state index is 13.1. The molecular weight excluding hydrogens is 452 g/mol. The quantitative estimate of drug-likeness (QED) is 0.500. The smallest absolute Gasteiger partial charge is 0.248 e. The number of carbonyl (C=O) groups excluding carboxylic acids is 1. The van der Waals surface area contributed by atoms with E-state index in [0.29, 0.717) is 33.6 Å². The Hall–Kier alpha value is -3.23. The Bertz CT molecular complexity index is 1180. The van der Waals surface area contributed by atoms with Gasteiger partial charge >= 0.3 is 0 Å². The Kier molecular flexibility index (Phi) is 7.27. The highest BCUT2D eigenvalue weighted by Crippen LogP contribution is 2.33. The van der Waals surface area contributed by atoms with Crippen molar-refractivity contribution in [3.63, 3.8) is 0 Å². The Labute approximate surface area is 192 Å². The first kappa shape index (κ1) is 23.4. The summed E-state index contributed by atoms with van der Waals surface area (Å²) in [4.78, 5) is 13.1. The molecule has 1 atom stereocenters. The molecule has 0 saturated heterocycles. The van der Waals surface area contributed by atoms with E-state index in [9.17, 15) is 13.2 Å². The van der Waals surface area contributed by atoms with Gasteiger partial charge in [0.15, 0.2) is 5.75 Å². The zero-order valence-electron chi connectivity index (χ0n) is 17.8. The van der Waals surface area contributed by atoms with Gasteiger partial charge in [-0.05, 0) is 61.5 Å². The Morgan fingerprint density at radius 2 is 1.66 bits per heavy atom. The highest BCUT2D eigenvalue weighted by Gasteiger charge is 2.29. The van der Waals surface area contributed by atoms with Gasteiger partial charge in [-0.15, -0.1) is 0 Å². The predicted molar refractivity (Wildman–Crippen MR) is 126 cm³/mol. The Balaban J connectivity index is 1.88. The number of halogens is 1. The molecular formula is C23H23ClN2O5S. The third kappa shape index (κ3) is 5.72. The molecule has 0 spiro atoms. The summed E-state index contributed by atoms with van der Waals surface area (Å²) in [6.07, 6.45) is 1.05. The van der Waals surface area contributed by atoms with Crippen LogP contribution in [0.5, 0.6) is 17.2 Å². The molecule has 32 heavy (non-hydrogen) atoms. The summed E-state index contributed by atoms with van der Waals surface area (Å²) in [5, 5.41) is 3.13. The number of para-hydroxylation sites is 1. The lowest BCUT2D eigenvalue weighted by Gasteiger charge is -2.28. The van der Waals surface area contributed by atoms with Crippen LogP contribution in [0.1, 0.15) is 6.92 Å². The SMILES string of the molecule is COc1ccc(N([C@H](C)C(=O)Nc2cc(Cl)ccc2Oc2ccccc2)S(C)(=O)=O)cc1. The average Bonchev–Trinajstić information content (AvgIpc) is 2.76. The minimum atomic E-state index is -3.77. The lowest BCUT2D eigenvalue weighted by Crippen LogP contribution is -2.45. The van der Waals surface area contributed by atoms with Gasteiger partial charge in [-0.3, -0.25) is 9.10 Å². The lowest BCUT2D eigenvalue weighted by molar-refractivity contribution is -0.116. The first-order chi connectivity index (χ1) is 15.2. The zero-order valence-corrected chi connectivity index (χ0v) is 19.4. The van der Waals surface area contributed by atoms with Crippen molar-refractivity contribution in [2.45, 2.75) is 13.0 Å². The minimum Gasteiger partial charge on any atom is -0.497 e. The van der Waals surface area contributed by atoms with Gasteiger partial charge < -0.3 is 14.8 Å². The summed E-state index contributed by atoms with van der Waals surface area (Å²) in [5.41, 5.74) is 0.657. The van der Waals surface area contributed by atoms with Crippen LogP contribution in [0.25, 0.3) is 0 Å². The van der Waals surface area contributed by atoms with Crippen LogP contribution in [0.2, 0.25) is 5.02 Å². The Morgan fingerprint density at radius 3 is 2.25 bits per heavy atom. The van der Waals surface area contributed by atoms with Crippen LogP contribution in [0.3, 0.4) is 0 Å². The summed E-state index contributed by atoms with van der Waals surface area (Å²) in [6.45, 7) is 1.50. The summed E-state index contributed by atoms with van der Waals surface area (Å²) in [7, 11) is -2.25. The molecule has 3 rings (SSSR count). The summed E-state index contributed by atoms with van der Waals surface area (Å²) >= 11 is 6.12. The molecule has 1 amide bonds. The monoisotopic (exact) mass is 474 g/mol. The number of hydrogen-bond donors (Lipinski definition) is 1. The topological polar surface area (TPSA) is 84.9 Å². The van der Waals surface area contributed by atoms with E-state index in [2.05, 4.69) is 5.32 Å². The van der Waals surface area contributed by atoms with E-state index < -0.39 is 22.0 Å². The van der Waals surface area contributed by atoms with Gasteiger partial charge in [0.1, 0.15) is 17.5 Å². The number of anilines is 2. The summed E-state index contributed by atoms with van der Waals surface area (Å²) in [5.74, 6) is 0.971. The molecule has 3 aromatic rings. The fraction of sp³-hybridized carbons (Fsp3) is 0.174. The normalized spacial score (nSPS) is 12.0. The number of methoxy groups -OCH3 is 1. The van der Waals surface area contributed by atoms with E-state index in [1.807, 2.05) is 18.2 Å². The van der Waals surface area contributed by atoms with Crippen molar-refractivity contribution in [2.24, 2.45) is 0 Å². The molecule has 0 fully saturated rings. The van der Waals surface area contributed by atoms with E-state index in [1.165, 1.54) is 14.0 Å². The van der Waals surface area contributed by atoms with E-state index in [0.717, 1.165) is 10.6 Å². The van der Waals surface area contributed by atoms with Crippen molar-refractivity contribution < 1.29 is 22.7 Å². The molecule has 0 aliphatic heterocycles. The minimum absolute atomic E-state index is 0.321. The van der Waals surface area contributed by atoms with Crippen molar-refractivity contribution in [3.8, 4) is 17.2 Å². The van der Waals surface area contributed by atoms with Crippen molar-refractivity contribution in [1.82, 2.24) is 0 Å². The fourth-order valence-corrected chi connectivity index (χ4v) is 4.43. The van der Waals surface area contributed by atoms with E-state index in [-0.39, 0.29) is 0 Å². The molecule has 0 aliphatic carbocycles. The molecule has 0 heterocycles. The standard InChI is InChI=1S/C23H23ClN2O5S/c1-16(26(32(3,28)29)18-10-12-19(30-2)13-11-18)23(27)25-21-15-17(24)9-14-22(21)31-20-7-5-4-6-8-20/h4-16H,1-3H3,(H,25,27)/t16-/m1/s1. The van der Waals surface area contributed by atoms with Crippen molar-refractivity contribution >= 4 is 38.9 Å². The third-order valence-corrected chi connectivity index (χ3v) is 6.06. The van der Waals surface area contributed by atoms with E-state index in [1.54, 1.807) is 54.6 Å². The van der Waals surface area contributed by atoms with Crippen LogP contribution in [-0.2, 0) is 14.8 Å². The molecule has 0 unspecified atom stereocenters. The number of carbonyl (C=O) groups is 1. The van der Waals surface area contributed by atoms with Crippen LogP contribution in [0.15, 0.2) is 72.8 Å². The number of benzene rings is 3. The summed E-state index contributed by atoms with van der Waals surface area (Å²) in [6, 6.07) is 19.2. The van der Waals surface area contributed by atoms with Gasteiger partial charge in [-0.25, -0.2) is 8.42 Å². The van der Waals surface area contributed by atoms with Gasteiger partial charge in [0.05, 0.1) is 24.7 Å². The number of ether oxygens (including phenoxy) is 2. The number of rotatable bonds is 8. The van der Waals surface area contributed by atoms with Gasteiger partial charge in [0.2, 0.25) is 15.9 Å². The molecule has 0 saturated carbocycles. The summed E-state index contributed by atoms with van der Waals surface area (Å²) < 4.78 is 37.1. The molecule has 0 aliphatic rings. The van der Waals surface area contributed by atoms with Crippen LogP contribution in [0, 0.1) is 0 Å². The van der Waals surface area contributed by atoms with Gasteiger partial charge in [-0.1, -0.05) is 29.8 Å². The molecule has 1 N–H and O–H groups in total. The maximum absolute atomic E-state index is 13.1.